The molecule has 0 spiro atoms. The number of halogens is 3. The molecule has 3 nitrogen and oxygen atoms in total. The van der Waals surface area contributed by atoms with Gasteiger partial charge in [0, 0.05) is 18.8 Å². The zero-order valence-corrected chi connectivity index (χ0v) is 11.0. The normalized spacial score (nSPS) is 23.5. The van der Waals surface area contributed by atoms with E-state index in [0.29, 0.717) is 25.1 Å². The molecule has 1 N–H and O–H groups in total. The fraction of sp³-hybridized carbons (Fsp3) is 0.500. The highest BCUT2D eigenvalue weighted by Gasteiger charge is 2.35. The van der Waals surface area contributed by atoms with Crippen LogP contribution in [0.2, 0.25) is 0 Å². The molecule has 1 aromatic rings. The highest BCUT2D eigenvalue weighted by atomic mass is 19.4. The Morgan fingerprint density at radius 3 is 2.65 bits per heavy atom. The van der Waals surface area contributed by atoms with Crippen molar-refractivity contribution in [3.05, 3.63) is 29.3 Å². The molecule has 0 radical (unpaired) electrons. The van der Waals surface area contributed by atoms with Crippen LogP contribution in [0.25, 0.3) is 0 Å². The maximum atomic E-state index is 12.9. The quantitative estimate of drug-likeness (QED) is 0.862. The van der Waals surface area contributed by atoms with Crippen molar-refractivity contribution in [3.63, 3.8) is 0 Å². The number of nitriles is 1. The maximum absolute atomic E-state index is 12.9. The molecule has 1 saturated heterocycles. The molecule has 0 amide bonds. The number of hydrogen-bond acceptors (Lipinski definition) is 3. The minimum Gasteiger partial charge on any atom is -0.388 e. The molecule has 1 unspecified atom stereocenters. The minimum absolute atomic E-state index is 0.288. The first kappa shape index (κ1) is 14.7. The summed E-state index contributed by atoms with van der Waals surface area (Å²) in [5, 5.41) is 18.8. The Morgan fingerprint density at radius 1 is 1.40 bits per heavy atom. The SMILES string of the molecule is CC1(O)CCCN(c2ccc(C#N)c(C(F)(F)F)c2)C1. The fourth-order valence-electron chi connectivity index (χ4n) is 2.50. The Bertz CT molecular complexity index is 546. The van der Waals surface area contributed by atoms with Crippen molar-refractivity contribution in [3.8, 4) is 6.07 Å². The second-order valence-corrected chi connectivity index (χ2v) is 5.36. The first-order valence-electron chi connectivity index (χ1n) is 6.32. The lowest BCUT2D eigenvalue weighted by Crippen LogP contribution is -2.46. The van der Waals surface area contributed by atoms with E-state index < -0.39 is 17.3 Å². The molecule has 6 heteroatoms. The number of nitrogens with zero attached hydrogens (tertiary/aromatic N) is 2. The first-order chi connectivity index (χ1) is 9.23. The Balaban J connectivity index is 2.37. The third-order valence-electron chi connectivity index (χ3n) is 3.47. The molecule has 0 saturated carbocycles. The zero-order chi connectivity index (χ0) is 15.0. The molecular formula is C14H15F3N2O. The summed E-state index contributed by atoms with van der Waals surface area (Å²) in [5.74, 6) is 0. The Kier molecular flexibility index (Phi) is 3.65. The monoisotopic (exact) mass is 284 g/mol. The second-order valence-electron chi connectivity index (χ2n) is 5.36. The van der Waals surface area contributed by atoms with E-state index in [9.17, 15) is 18.3 Å². The third-order valence-corrected chi connectivity index (χ3v) is 3.47. The van der Waals surface area contributed by atoms with Crippen LogP contribution < -0.4 is 4.90 Å². The molecule has 1 atom stereocenters. The van der Waals surface area contributed by atoms with Crippen LogP contribution in [-0.2, 0) is 6.18 Å². The summed E-state index contributed by atoms with van der Waals surface area (Å²) in [6, 6.07) is 5.22. The summed E-state index contributed by atoms with van der Waals surface area (Å²) in [5.41, 5.74) is -1.83. The van der Waals surface area contributed by atoms with Gasteiger partial charge < -0.3 is 10.0 Å². The maximum Gasteiger partial charge on any atom is 0.417 e. The summed E-state index contributed by atoms with van der Waals surface area (Å²) in [6.45, 7) is 2.56. The van der Waals surface area contributed by atoms with Gasteiger partial charge in [-0.25, -0.2) is 0 Å². The van der Waals surface area contributed by atoms with Crippen molar-refractivity contribution in [1.29, 1.82) is 5.26 Å². The van der Waals surface area contributed by atoms with Crippen molar-refractivity contribution in [2.45, 2.75) is 31.5 Å². The van der Waals surface area contributed by atoms with Crippen LogP contribution in [0.5, 0.6) is 0 Å². The van der Waals surface area contributed by atoms with Crippen molar-refractivity contribution in [2.24, 2.45) is 0 Å². The van der Waals surface area contributed by atoms with Crippen LogP contribution in [0.1, 0.15) is 30.9 Å². The van der Waals surface area contributed by atoms with Gasteiger partial charge in [-0.1, -0.05) is 0 Å². The summed E-state index contributed by atoms with van der Waals surface area (Å²) in [7, 11) is 0. The van der Waals surface area contributed by atoms with Gasteiger partial charge in [0.05, 0.1) is 22.8 Å². The van der Waals surface area contributed by atoms with Gasteiger partial charge in [0.15, 0.2) is 0 Å². The van der Waals surface area contributed by atoms with E-state index in [0.717, 1.165) is 6.07 Å². The lowest BCUT2D eigenvalue weighted by molar-refractivity contribution is -0.137. The van der Waals surface area contributed by atoms with Crippen LogP contribution in [0.3, 0.4) is 0 Å². The summed E-state index contributed by atoms with van der Waals surface area (Å²) < 4.78 is 38.7. The van der Waals surface area contributed by atoms with Crippen LogP contribution in [0, 0.1) is 11.3 Å². The van der Waals surface area contributed by atoms with E-state index in [-0.39, 0.29) is 12.1 Å². The van der Waals surface area contributed by atoms with Crippen LogP contribution >= 0.6 is 0 Å². The molecule has 0 aliphatic carbocycles. The molecular weight excluding hydrogens is 269 g/mol. The lowest BCUT2D eigenvalue weighted by atomic mass is 9.94. The number of hydrogen-bond donors (Lipinski definition) is 1. The highest BCUT2D eigenvalue weighted by molar-refractivity contribution is 5.55. The molecule has 20 heavy (non-hydrogen) atoms. The number of alkyl halides is 3. The number of aliphatic hydroxyl groups is 1. The molecule has 1 heterocycles. The number of β-amino-alcohol motifs (C(OH)–C–C–N with tert-alkyl or cyclic N) is 1. The molecule has 0 aromatic heterocycles. The molecule has 0 bridgehead atoms. The number of piperidine rings is 1. The molecule has 1 aliphatic heterocycles. The standard InChI is InChI=1S/C14H15F3N2O/c1-13(20)5-2-6-19(9-13)11-4-3-10(8-18)12(7-11)14(15,16)17/h3-4,7,20H,2,5-6,9H2,1H3. The smallest absolute Gasteiger partial charge is 0.388 e. The summed E-state index contributed by atoms with van der Waals surface area (Å²) >= 11 is 0. The predicted octanol–water partition coefficient (Wildman–Crippen LogP) is 2.93. The van der Waals surface area contributed by atoms with Gasteiger partial charge in [-0.3, -0.25) is 0 Å². The first-order valence-corrected chi connectivity index (χ1v) is 6.32. The van der Waals surface area contributed by atoms with E-state index in [4.69, 9.17) is 5.26 Å². The molecule has 108 valence electrons. The van der Waals surface area contributed by atoms with Crippen LogP contribution in [0.15, 0.2) is 18.2 Å². The Labute approximate surface area is 115 Å². The second kappa shape index (κ2) is 4.98. The number of anilines is 1. The summed E-state index contributed by atoms with van der Waals surface area (Å²) in [4.78, 5) is 1.72. The molecule has 1 aromatic carbocycles. The van der Waals surface area contributed by atoms with E-state index in [1.807, 2.05) is 0 Å². The van der Waals surface area contributed by atoms with Crippen LogP contribution in [0.4, 0.5) is 18.9 Å². The van der Waals surface area contributed by atoms with E-state index in [1.54, 1.807) is 17.9 Å². The van der Waals surface area contributed by atoms with Crippen molar-refractivity contribution in [2.75, 3.05) is 18.0 Å². The van der Waals surface area contributed by atoms with Crippen molar-refractivity contribution >= 4 is 5.69 Å². The number of rotatable bonds is 1. The fourth-order valence-corrected chi connectivity index (χ4v) is 2.50. The van der Waals surface area contributed by atoms with E-state index in [2.05, 4.69) is 0 Å². The van der Waals surface area contributed by atoms with Crippen molar-refractivity contribution in [1.82, 2.24) is 0 Å². The zero-order valence-electron chi connectivity index (χ0n) is 11.0. The Hall–Kier alpha value is -1.74. The lowest BCUT2D eigenvalue weighted by Gasteiger charge is -2.38. The number of benzene rings is 1. The molecule has 1 aliphatic rings. The van der Waals surface area contributed by atoms with Gasteiger partial charge in [-0.05, 0) is 38.0 Å². The molecule has 2 rings (SSSR count). The van der Waals surface area contributed by atoms with Gasteiger partial charge in [-0.2, -0.15) is 18.4 Å². The van der Waals surface area contributed by atoms with Gasteiger partial charge in [0.1, 0.15) is 0 Å². The average Bonchev–Trinajstić information content (AvgIpc) is 2.35. The molecule has 1 fully saturated rings. The largest absolute Gasteiger partial charge is 0.417 e. The highest BCUT2D eigenvalue weighted by Crippen LogP contribution is 2.35. The topological polar surface area (TPSA) is 47.3 Å². The van der Waals surface area contributed by atoms with Crippen LogP contribution in [-0.4, -0.2) is 23.8 Å². The van der Waals surface area contributed by atoms with E-state index in [1.165, 1.54) is 12.1 Å². The van der Waals surface area contributed by atoms with Gasteiger partial charge in [-0.15, -0.1) is 0 Å². The van der Waals surface area contributed by atoms with Crippen molar-refractivity contribution < 1.29 is 18.3 Å². The minimum atomic E-state index is -4.56. The third kappa shape index (κ3) is 3.05. The average molecular weight is 284 g/mol. The van der Waals surface area contributed by atoms with Gasteiger partial charge >= 0.3 is 6.18 Å². The summed E-state index contributed by atoms with van der Waals surface area (Å²) in [6.07, 6.45) is -3.21. The van der Waals surface area contributed by atoms with Gasteiger partial charge in [0.25, 0.3) is 0 Å². The van der Waals surface area contributed by atoms with Gasteiger partial charge in [0.2, 0.25) is 0 Å². The van der Waals surface area contributed by atoms with E-state index >= 15 is 0 Å². The Morgan fingerprint density at radius 2 is 2.10 bits per heavy atom. The predicted molar refractivity (Wildman–Crippen MR) is 68.2 cm³/mol.